The van der Waals surface area contributed by atoms with Gasteiger partial charge in [-0.05, 0) is 18.6 Å². The topological polar surface area (TPSA) is 75.6 Å². The molecule has 1 unspecified atom stereocenters. The number of rotatable bonds is 8. The second-order valence-corrected chi connectivity index (χ2v) is 6.37. The van der Waals surface area contributed by atoms with Gasteiger partial charge in [0, 0.05) is 7.11 Å². The molecule has 0 saturated carbocycles. The summed E-state index contributed by atoms with van der Waals surface area (Å²) in [5.74, 6) is 0.111. The lowest BCUT2D eigenvalue weighted by Crippen LogP contribution is -2.29. The van der Waals surface area contributed by atoms with Crippen LogP contribution < -0.4 is 5.32 Å². The van der Waals surface area contributed by atoms with Gasteiger partial charge in [0.05, 0.1) is 35.6 Å². The highest BCUT2D eigenvalue weighted by Gasteiger charge is 2.19. The summed E-state index contributed by atoms with van der Waals surface area (Å²) in [4.78, 5) is 0.270. The maximum absolute atomic E-state index is 12.1. The summed E-state index contributed by atoms with van der Waals surface area (Å²) < 4.78 is 29.3. The highest BCUT2D eigenvalue weighted by molar-refractivity contribution is 7.91. The normalized spacial score (nSPS) is 13.2. The average Bonchev–Trinajstić information content (AvgIpc) is 2.38. The quantitative estimate of drug-likeness (QED) is 0.753. The molecule has 0 spiro atoms. The average molecular weight is 287 g/mol. The van der Waals surface area contributed by atoms with Gasteiger partial charge in [-0.15, -0.1) is 0 Å². The number of nitrogens with one attached hydrogen (secondary N) is 1. The molecular weight excluding hydrogens is 266 g/mol. The Kier molecular flexibility index (Phi) is 6.27. The third-order valence-electron chi connectivity index (χ3n) is 2.64. The van der Waals surface area contributed by atoms with Crippen LogP contribution in [0.4, 0.5) is 5.69 Å². The number of hydrogen-bond acceptors (Lipinski definition) is 5. The molecule has 6 heteroatoms. The Bertz CT molecular complexity index is 487. The molecule has 0 aliphatic carbocycles. The number of hydrogen-bond donors (Lipinski definition) is 2. The Hall–Kier alpha value is -1.11. The van der Waals surface area contributed by atoms with E-state index in [4.69, 9.17) is 4.74 Å². The second-order valence-electron chi connectivity index (χ2n) is 4.29. The SMILES string of the molecule is CCCS(=O)(=O)c1ccccc1NC(CO)COC. The molecule has 1 atom stereocenters. The number of methoxy groups -OCH3 is 1. The van der Waals surface area contributed by atoms with E-state index in [2.05, 4.69) is 5.32 Å². The fourth-order valence-corrected chi connectivity index (χ4v) is 3.30. The molecule has 0 heterocycles. The molecule has 1 rings (SSSR count). The van der Waals surface area contributed by atoms with Crippen LogP contribution in [0.15, 0.2) is 29.2 Å². The summed E-state index contributed by atoms with van der Waals surface area (Å²) in [5.41, 5.74) is 0.507. The molecular formula is C13H21NO4S. The van der Waals surface area contributed by atoms with E-state index in [-0.39, 0.29) is 23.3 Å². The van der Waals surface area contributed by atoms with Crippen LogP contribution in [-0.2, 0) is 14.6 Å². The highest BCUT2D eigenvalue weighted by Crippen LogP contribution is 2.23. The van der Waals surface area contributed by atoms with Crippen LogP contribution in [-0.4, -0.2) is 45.6 Å². The third kappa shape index (κ3) is 4.49. The molecule has 0 aromatic heterocycles. The predicted octanol–water partition coefficient (Wildman–Crippen LogP) is 1.29. The Labute approximate surface area is 114 Å². The van der Waals surface area contributed by atoms with E-state index >= 15 is 0 Å². The summed E-state index contributed by atoms with van der Waals surface area (Å²) in [6.45, 7) is 2.00. The molecule has 0 bridgehead atoms. The van der Waals surface area contributed by atoms with E-state index in [1.807, 2.05) is 6.92 Å². The van der Waals surface area contributed by atoms with Gasteiger partial charge in [0.2, 0.25) is 0 Å². The maximum atomic E-state index is 12.1. The highest BCUT2D eigenvalue weighted by atomic mass is 32.2. The zero-order valence-electron chi connectivity index (χ0n) is 11.3. The third-order valence-corrected chi connectivity index (χ3v) is 4.61. The molecule has 0 saturated heterocycles. The van der Waals surface area contributed by atoms with E-state index in [9.17, 15) is 13.5 Å². The van der Waals surface area contributed by atoms with Crippen molar-refractivity contribution in [2.45, 2.75) is 24.3 Å². The number of aliphatic hydroxyl groups is 1. The number of aliphatic hydroxyl groups excluding tert-OH is 1. The lowest BCUT2D eigenvalue weighted by Gasteiger charge is -2.19. The fraction of sp³-hybridized carbons (Fsp3) is 0.538. The Balaban J connectivity index is 3.02. The van der Waals surface area contributed by atoms with Gasteiger partial charge in [-0.25, -0.2) is 8.42 Å². The van der Waals surface area contributed by atoms with Crippen molar-refractivity contribution in [3.05, 3.63) is 24.3 Å². The number of ether oxygens (including phenoxy) is 1. The van der Waals surface area contributed by atoms with Gasteiger partial charge in [0.1, 0.15) is 0 Å². The maximum Gasteiger partial charge on any atom is 0.180 e. The standard InChI is InChI=1S/C13H21NO4S/c1-3-8-19(16,17)13-7-5-4-6-12(13)14-11(9-15)10-18-2/h4-7,11,14-15H,3,8-10H2,1-2H3. The van der Waals surface area contributed by atoms with Gasteiger partial charge in [-0.2, -0.15) is 0 Å². The molecule has 0 aliphatic heterocycles. The lowest BCUT2D eigenvalue weighted by molar-refractivity contribution is 0.153. The van der Waals surface area contributed by atoms with Crippen LogP contribution in [0.3, 0.4) is 0 Å². The first-order chi connectivity index (χ1) is 9.05. The Morgan fingerprint density at radius 2 is 2.05 bits per heavy atom. The minimum absolute atomic E-state index is 0.111. The zero-order valence-corrected chi connectivity index (χ0v) is 12.1. The monoisotopic (exact) mass is 287 g/mol. The number of sulfone groups is 1. The first kappa shape index (κ1) is 15.9. The van der Waals surface area contributed by atoms with E-state index < -0.39 is 9.84 Å². The zero-order chi connectivity index (χ0) is 14.3. The van der Waals surface area contributed by atoms with Crippen molar-refractivity contribution in [1.82, 2.24) is 0 Å². The van der Waals surface area contributed by atoms with Crippen LogP contribution in [0.2, 0.25) is 0 Å². The molecule has 19 heavy (non-hydrogen) atoms. The first-order valence-corrected chi connectivity index (χ1v) is 7.88. The van der Waals surface area contributed by atoms with Crippen molar-refractivity contribution in [2.75, 3.05) is 31.4 Å². The molecule has 0 radical (unpaired) electrons. The summed E-state index contributed by atoms with van der Waals surface area (Å²) >= 11 is 0. The predicted molar refractivity (Wildman–Crippen MR) is 75.2 cm³/mol. The van der Waals surface area contributed by atoms with Crippen LogP contribution in [0.1, 0.15) is 13.3 Å². The second kappa shape index (κ2) is 7.47. The Morgan fingerprint density at radius 3 is 2.63 bits per heavy atom. The minimum atomic E-state index is -3.29. The van der Waals surface area contributed by atoms with Gasteiger partial charge < -0.3 is 15.2 Å². The summed E-state index contributed by atoms with van der Waals surface area (Å²) in [7, 11) is -1.76. The first-order valence-electron chi connectivity index (χ1n) is 6.23. The van der Waals surface area contributed by atoms with Crippen molar-refractivity contribution in [3.8, 4) is 0 Å². The van der Waals surface area contributed by atoms with E-state index in [0.717, 1.165) is 0 Å². The van der Waals surface area contributed by atoms with Crippen LogP contribution in [0.5, 0.6) is 0 Å². The Morgan fingerprint density at radius 1 is 1.37 bits per heavy atom. The largest absolute Gasteiger partial charge is 0.394 e. The molecule has 1 aromatic rings. The van der Waals surface area contributed by atoms with Gasteiger partial charge in [0.25, 0.3) is 0 Å². The summed E-state index contributed by atoms with van der Waals surface area (Å²) in [5, 5.41) is 12.2. The lowest BCUT2D eigenvalue weighted by atomic mass is 10.2. The number of anilines is 1. The van der Waals surface area contributed by atoms with Crippen molar-refractivity contribution < 1.29 is 18.3 Å². The van der Waals surface area contributed by atoms with Gasteiger partial charge in [0.15, 0.2) is 9.84 Å². The molecule has 0 amide bonds. The van der Waals surface area contributed by atoms with Crippen LogP contribution in [0.25, 0.3) is 0 Å². The smallest absolute Gasteiger partial charge is 0.180 e. The number of para-hydroxylation sites is 1. The van der Waals surface area contributed by atoms with Crippen molar-refractivity contribution >= 4 is 15.5 Å². The van der Waals surface area contributed by atoms with E-state index in [1.54, 1.807) is 24.3 Å². The van der Waals surface area contributed by atoms with Crippen molar-refractivity contribution in [1.29, 1.82) is 0 Å². The minimum Gasteiger partial charge on any atom is -0.394 e. The summed E-state index contributed by atoms with van der Waals surface area (Å²) in [6, 6.07) is 6.39. The fourth-order valence-electron chi connectivity index (χ4n) is 1.80. The molecule has 0 aliphatic rings. The molecule has 1 aromatic carbocycles. The molecule has 5 nitrogen and oxygen atoms in total. The molecule has 0 fully saturated rings. The van der Waals surface area contributed by atoms with E-state index in [1.165, 1.54) is 7.11 Å². The van der Waals surface area contributed by atoms with E-state index in [0.29, 0.717) is 18.7 Å². The van der Waals surface area contributed by atoms with Gasteiger partial charge >= 0.3 is 0 Å². The van der Waals surface area contributed by atoms with Gasteiger partial charge in [-0.3, -0.25) is 0 Å². The molecule has 2 N–H and O–H groups in total. The van der Waals surface area contributed by atoms with Gasteiger partial charge in [-0.1, -0.05) is 19.1 Å². The van der Waals surface area contributed by atoms with Crippen molar-refractivity contribution in [2.24, 2.45) is 0 Å². The van der Waals surface area contributed by atoms with Crippen LogP contribution >= 0.6 is 0 Å². The van der Waals surface area contributed by atoms with Crippen LogP contribution in [0, 0.1) is 0 Å². The summed E-state index contributed by atoms with van der Waals surface area (Å²) in [6.07, 6.45) is 0.568. The number of benzene rings is 1. The molecule has 108 valence electrons. The van der Waals surface area contributed by atoms with Crippen molar-refractivity contribution in [3.63, 3.8) is 0 Å².